The molecular formula is C28H34F2N6O5. The summed E-state index contributed by atoms with van der Waals surface area (Å²) in [4.78, 5) is 46.1. The lowest BCUT2D eigenvalue weighted by atomic mass is 9.74. The molecule has 1 saturated heterocycles. The maximum atomic E-state index is 13.9. The van der Waals surface area contributed by atoms with E-state index < -0.39 is 47.7 Å². The highest BCUT2D eigenvalue weighted by atomic mass is 19.3. The molecule has 1 aromatic carbocycles. The Kier molecular flexibility index (Phi) is 8.86. The first-order valence-corrected chi connectivity index (χ1v) is 13.2. The lowest BCUT2D eigenvalue weighted by molar-refractivity contribution is -0.144. The van der Waals surface area contributed by atoms with Crippen molar-refractivity contribution in [1.82, 2.24) is 20.2 Å². The number of carbonyl (C=O) groups is 3. The topological polar surface area (TPSA) is 139 Å². The monoisotopic (exact) mass is 572 g/mol. The molecule has 2 unspecified atom stereocenters. The number of pyridine rings is 1. The highest BCUT2D eigenvalue weighted by Crippen LogP contribution is 2.38. The fourth-order valence-corrected chi connectivity index (χ4v) is 4.85. The molecule has 2 aliphatic heterocycles. The van der Waals surface area contributed by atoms with E-state index in [1.54, 1.807) is 48.7 Å². The standard InChI is InChI=1S/C28H34F2N6O5/c1-27(2,31)25(38)33-21(16-41-20-9-6-8-19(13-20)40-3)24(37)35-12-10-22-28(17-35,14-18-7-4-5-11-32-18)26(39)36(34-22)15-23(29)30/h4-9,11,13,21,23H,10,12,14-17,31H2,1-3H3,(H,33,38). The molecule has 2 atom stereocenters. The molecule has 0 radical (unpaired) electrons. The molecule has 1 aromatic heterocycles. The van der Waals surface area contributed by atoms with Crippen molar-refractivity contribution in [2.45, 2.75) is 44.7 Å². The summed E-state index contributed by atoms with van der Waals surface area (Å²) in [7, 11) is 1.51. The summed E-state index contributed by atoms with van der Waals surface area (Å²) in [6.45, 7) is 1.97. The second-order valence-corrected chi connectivity index (χ2v) is 10.7. The van der Waals surface area contributed by atoms with Crippen LogP contribution in [0.15, 0.2) is 53.8 Å². The van der Waals surface area contributed by atoms with Crippen molar-refractivity contribution in [3.63, 3.8) is 0 Å². The molecule has 0 saturated carbocycles. The van der Waals surface area contributed by atoms with E-state index in [0.717, 1.165) is 5.01 Å². The van der Waals surface area contributed by atoms with Gasteiger partial charge in [-0.1, -0.05) is 12.1 Å². The Morgan fingerprint density at radius 3 is 2.61 bits per heavy atom. The fraction of sp³-hybridized carbons (Fsp3) is 0.464. The second kappa shape index (κ2) is 12.2. The van der Waals surface area contributed by atoms with Gasteiger partial charge in [-0.2, -0.15) is 5.10 Å². The van der Waals surface area contributed by atoms with Crippen LogP contribution >= 0.6 is 0 Å². The van der Waals surface area contributed by atoms with Crippen LogP contribution in [-0.4, -0.2) is 89.7 Å². The third-order valence-electron chi connectivity index (χ3n) is 7.00. The number of halogens is 2. The van der Waals surface area contributed by atoms with E-state index in [9.17, 15) is 23.2 Å². The maximum absolute atomic E-state index is 13.9. The normalized spacial score (nSPS) is 19.5. The van der Waals surface area contributed by atoms with Gasteiger partial charge in [0.15, 0.2) is 0 Å². The zero-order valence-corrected chi connectivity index (χ0v) is 23.2. The fourth-order valence-electron chi connectivity index (χ4n) is 4.85. The number of methoxy groups -OCH3 is 1. The minimum Gasteiger partial charge on any atom is -0.497 e. The molecule has 1 fully saturated rings. The molecule has 2 aliphatic rings. The van der Waals surface area contributed by atoms with Crippen LogP contribution in [0.5, 0.6) is 11.5 Å². The average molecular weight is 573 g/mol. The smallest absolute Gasteiger partial charge is 0.258 e. The maximum Gasteiger partial charge on any atom is 0.258 e. The second-order valence-electron chi connectivity index (χ2n) is 10.7. The molecular weight excluding hydrogens is 538 g/mol. The minimum atomic E-state index is -2.78. The first kappa shape index (κ1) is 29.8. The van der Waals surface area contributed by atoms with Gasteiger partial charge in [-0.15, -0.1) is 0 Å². The van der Waals surface area contributed by atoms with Gasteiger partial charge in [0.2, 0.25) is 11.8 Å². The van der Waals surface area contributed by atoms with Crippen molar-refractivity contribution < 1.29 is 32.6 Å². The van der Waals surface area contributed by atoms with Gasteiger partial charge in [0.1, 0.15) is 36.1 Å². The number of rotatable bonds is 11. The van der Waals surface area contributed by atoms with E-state index >= 15 is 0 Å². The predicted octanol–water partition coefficient (Wildman–Crippen LogP) is 1.62. The van der Waals surface area contributed by atoms with E-state index in [2.05, 4.69) is 15.4 Å². The highest BCUT2D eigenvalue weighted by Gasteiger charge is 2.55. The van der Waals surface area contributed by atoms with Gasteiger partial charge in [-0.3, -0.25) is 19.4 Å². The Bertz CT molecular complexity index is 1300. The first-order chi connectivity index (χ1) is 19.4. The number of hydrogen-bond donors (Lipinski definition) is 2. The molecule has 3 amide bonds. The number of piperidine rings is 1. The zero-order valence-electron chi connectivity index (χ0n) is 23.2. The van der Waals surface area contributed by atoms with Gasteiger partial charge in [0, 0.05) is 43.9 Å². The number of aromatic nitrogens is 1. The van der Waals surface area contributed by atoms with Gasteiger partial charge >= 0.3 is 0 Å². The average Bonchev–Trinajstić information content (AvgIpc) is 3.20. The predicted molar refractivity (Wildman–Crippen MR) is 145 cm³/mol. The van der Waals surface area contributed by atoms with Crippen LogP contribution in [0.3, 0.4) is 0 Å². The number of nitrogens with two attached hydrogens (primary N) is 1. The van der Waals surface area contributed by atoms with Gasteiger partial charge in [0.05, 0.1) is 18.4 Å². The number of ether oxygens (including phenoxy) is 2. The molecule has 0 bridgehead atoms. The van der Waals surface area contributed by atoms with E-state index in [-0.39, 0.29) is 32.5 Å². The molecule has 0 aliphatic carbocycles. The van der Waals surface area contributed by atoms with E-state index in [4.69, 9.17) is 15.2 Å². The number of alkyl halides is 2. The number of nitrogens with zero attached hydrogens (tertiary/aromatic N) is 4. The Balaban J connectivity index is 1.61. The highest BCUT2D eigenvalue weighted by molar-refractivity contribution is 6.13. The summed E-state index contributed by atoms with van der Waals surface area (Å²) in [6, 6.07) is 10.8. The van der Waals surface area contributed by atoms with Crippen molar-refractivity contribution >= 4 is 23.4 Å². The van der Waals surface area contributed by atoms with E-state index in [1.807, 2.05) is 0 Å². The van der Waals surface area contributed by atoms with Crippen LogP contribution < -0.4 is 20.5 Å². The molecule has 4 rings (SSSR count). The van der Waals surface area contributed by atoms with Crippen LogP contribution in [0.4, 0.5) is 8.78 Å². The number of carbonyl (C=O) groups excluding carboxylic acids is 3. The van der Waals surface area contributed by atoms with Gasteiger partial charge < -0.3 is 25.4 Å². The SMILES string of the molecule is COc1cccc(OCC(NC(=O)C(C)(C)N)C(=O)N2CCC3=NN(CC(F)F)C(=O)C3(Cc3ccccn3)C2)c1. The lowest BCUT2D eigenvalue weighted by Gasteiger charge is -2.40. The van der Waals surface area contributed by atoms with Crippen LogP contribution in [0.2, 0.25) is 0 Å². The summed E-state index contributed by atoms with van der Waals surface area (Å²) >= 11 is 0. The molecule has 13 heteroatoms. The van der Waals surface area contributed by atoms with Crippen LogP contribution in [-0.2, 0) is 20.8 Å². The number of benzene rings is 1. The number of hydrazone groups is 1. The molecule has 2 aromatic rings. The molecule has 0 spiro atoms. The van der Waals surface area contributed by atoms with Crippen molar-refractivity contribution in [3.8, 4) is 11.5 Å². The number of hydrogen-bond acceptors (Lipinski definition) is 8. The minimum absolute atomic E-state index is 0.0716. The van der Waals surface area contributed by atoms with Crippen molar-refractivity contribution in [2.75, 3.05) is 33.4 Å². The quantitative estimate of drug-likeness (QED) is 0.417. The summed E-state index contributed by atoms with van der Waals surface area (Å²) < 4.78 is 37.6. The Hall–Kier alpha value is -4.13. The van der Waals surface area contributed by atoms with Crippen LogP contribution in [0.1, 0.15) is 26.0 Å². The number of nitrogens with one attached hydrogen (secondary N) is 1. The third kappa shape index (κ3) is 6.79. The lowest BCUT2D eigenvalue weighted by Crippen LogP contribution is -2.62. The Morgan fingerprint density at radius 2 is 1.95 bits per heavy atom. The summed E-state index contributed by atoms with van der Waals surface area (Å²) in [5.74, 6) is -0.744. The Morgan fingerprint density at radius 1 is 1.20 bits per heavy atom. The van der Waals surface area contributed by atoms with E-state index in [1.165, 1.54) is 25.9 Å². The number of fused-ring (bicyclic) bond motifs is 1. The van der Waals surface area contributed by atoms with Crippen molar-refractivity contribution in [1.29, 1.82) is 0 Å². The molecule has 41 heavy (non-hydrogen) atoms. The summed E-state index contributed by atoms with van der Waals surface area (Å²) in [5, 5.41) is 7.71. The van der Waals surface area contributed by atoms with Crippen LogP contribution in [0, 0.1) is 5.41 Å². The number of amides is 3. The van der Waals surface area contributed by atoms with Crippen molar-refractivity contribution in [3.05, 3.63) is 54.4 Å². The van der Waals surface area contributed by atoms with Crippen molar-refractivity contribution in [2.24, 2.45) is 16.3 Å². The first-order valence-electron chi connectivity index (χ1n) is 13.2. The molecule has 3 heterocycles. The Labute approximate surface area is 236 Å². The molecule has 220 valence electrons. The number of likely N-dealkylation sites (tertiary alicyclic amines) is 1. The molecule has 11 nitrogen and oxygen atoms in total. The van der Waals surface area contributed by atoms with Gasteiger partial charge in [-0.05, 0) is 38.1 Å². The third-order valence-corrected chi connectivity index (χ3v) is 7.00. The summed E-state index contributed by atoms with van der Waals surface area (Å²) in [5.41, 5.74) is 4.30. The molecule has 3 N–H and O–H groups in total. The largest absolute Gasteiger partial charge is 0.497 e. The van der Waals surface area contributed by atoms with E-state index in [0.29, 0.717) is 22.9 Å². The zero-order chi connectivity index (χ0) is 29.8. The van der Waals surface area contributed by atoms with Gasteiger partial charge in [-0.25, -0.2) is 13.8 Å². The summed E-state index contributed by atoms with van der Waals surface area (Å²) in [6.07, 6.45) is -0.950. The van der Waals surface area contributed by atoms with Gasteiger partial charge in [0.25, 0.3) is 12.3 Å². The van der Waals surface area contributed by atoms with Crippen LogP contribution in [0.25, 0.3) is 0 Å².